The zero-order chi connectivity index (χ0) is 29.6. The second-order valence-electron chi connectivity index (χ2n) is 10.1. The van der Waals surface area contributed by atoms with E-state index in [1.54, 1.807) is 67.6 Å². The van der Waals surface area contributed by atoms with Gasteiger partial charge < -0.3 is 19.7 Å². The Bertz CT molecular complexity index is 1470. The van der Waals surface area contributed by atoms with Crippen LogP contribution in [0.1, 0.15) is 26.3 Å². The SMILES string of the molecule is CC(C)CNC(=O)[C@H](C)N(Cc1ccc(Cl)cc1)C(=O)CN(c1ccc2c(c1)OCCO2)S(=O)(=O)c1ccccc1. The lowest BCUT2D eigenvalue weighted by molar-refractivity contribution is -0.139. The predicted molar refractivity (Wildman–Crippen MR) is 158 cm³/mol. The van der Waals surface area contributed by atoms with Gasteiger partial charge in [-0.05, 0) is 54.8 Å². The molecule has 1 aliphatic heterocycles. The van der Waals surface area contributed by atoms with Gasteiger partial charge in [0.1, 0.15) is 25.8 Å². The molecule has 3 aromatic rings. The zero-order valence-electron chi connectivity index (χ0n) is 23.2. The Balaban J connectivity index is 1.71. The van der Waals surface area contributed by atoms with E-state index >= 15 is 0 Å². The first-order valence-corrected chi connectivity index (χ1v) is 15.2. The third kappa shape index (κ3) is 7.51. The van der Waals surface area contributed by atoms with E-state index in [2.05, 4.69) is 5.32 Å². The lowest BCUT2D eigenvalue weighted by atomic mass is 10.1. The Hall–Kier alpha value is -3.76. The van der Waals surface area contributed by atoms with Crippen LogP contribution in [0.15, 0.2) is 77.7 Å². The number of halogens is 1. The largest absolute Gasteiger partial charge is 0.486 e. The van der Waals surface area contributed by atoms with Gasteiger partial charge in [0, 0.05) is 24.2 Å². The van der Waals surface area contributed by atoms with E-state index in [1.165, 1.54) is 17.0 Å². The molecular formula is C30H34ClN3O6S. The summed E-state index contributed by atoms with van der Waals surface area (Å²) in [6.45, 7) is 6.24. The summed E-state index contributed by atoms with van der Waals surface area (Å²) in [5.41, 5.74) is 0.970. The molecule has 0 unspecified atom stereocenters. The van der Waals surface area contributed by atoms with Gasteiger partial charge in [0.15, 0.2) is 11.5 Å². The molecule has 1 heterocycles. The van der Waals surface area contributed by atoms with Crippen LogP contribution in [0.3, 0.4) is 0 Å². The molecule has 1 N–H and O–H groups in total. The van der Waals surface area contributed by atoms with Gasteiger partial charge in [-0.15, -0.1) is 0 Å². The van der Waals surface area contributed by atoms with Crippen molar-refractivity contribution in [2.45, 2.75) is 38.3 Å². The monoisotopic (exact) mass is 599 g/mol. The van der Waals surface area contributed by atoms with Crippen LogP contribution in [-0.4, -0.2) is 57.5 Å². The van der Waals surface area contributed by atoms with Crippen LogP contribution < -0.4 is 19.1 Å². The number of carbonyl (C=O) groups excluding carboxylic acids is 2. The van der Waals surface area contributed by atoms with Crippen molar-refractivity contribution in [3.63, 3.8) is 0 Å². The number of anilines is 1. The Morgan fingerprint density at radius 1 is 0.927 bits per heavy atom. The molecule has 9 nitrogen and oxygen atoms in total. The summed E-state index contributed by atoms with van der Waals surface area (Å²) in [5, 5.41) is 3.41. The highest BCUT2D eigenvalue weighted by atomic mass is 35.5. The smallest absolute Gasteiger partial charge is 0.264 e. The van der Waals surface area contributed by atoms with E-state index in [-0.39, 0.29) is 29.0 Å². The molecule has 1 atom stereocenters. The highest BCUT2D eigenvalue weighted by Crippen LogP contribution is 2.36. The second-order valence-corrected chi connectivity index (χ2v) is 12.4. The molecule has 2 amide bonds. The van der Waals surface area contributed by atoms with Crippen LogP contribution in [0.4, 0.5) is 5.69 Å². The number of rotatable bonds is 11. The molecule has 0 saturated heterocycles. The van der Waals surface area contributed by atoms with E-state index in [9.17, 15) is 18.0 Å². The molecule has 0 aromatic heterocycles. The molecule has 218 valence electrons. The molecule has 0 bridgehead atoms. The van der Waals surface area contributed by atoms with Gasteiger partial charge in [0.2, 0.25) is 11.8 Å². The minimum Gasteiger partial charge on any atom is -0.486 e. The fourth-order valence-electron chi connectivity index (χ4n) is 4.26. The standard InChI is InChI=1S/C30H34ClN3O6S/c1-21(2)18-32-30(36)22(3)33(19-23-9-11-24(31)12-10-23)29(35)20-34(41(37,38)26-7-5-4-6-8-26)25-13-14-27-28(17-25)40-16-15-39-27/h4-14,17,21-22H,15-16,18-20H2,1-3H3,(H,32,36)/t22-/m0/s1. The van der Waals surface area contributed by atoms with Crippen LogP contribution in [0.2, 0.25) is 5.02 Å². The number of amides is 2. The fraction of sp³-hybridized carbons (Fsp3) is 0.333. The van der Waals surface area contributed by atoms with E-state index in [0.717, 1.165) is 9.87 Å². The van der Waals surface area contributed by atoms with E-state index in [1.807, 2.05) is 13.8 Å². The minimum atomic E-state index is -4.18. The molecule has 4 rings (SSSR count). The van der Waals surface area contributed by atoms with Gasteiger partial charge in [-0.3, -0.25) is 13.9 Å². The Morgan fingerprint density at radius 2 is 1.59 bits per heavy atom. The quantitative estimate of drug-likeness (QED) is 0.348. The normalized spacial score (nSPS) is 13.4. The average molecular weight is 600 g/mol. The van der Waals surface area contributed by atoms with Gasteiger partial charge in [-0.1, -0.05) is 55.8 Å². The summed E-state index contributed by atoms with van der Waals surface area (Å²) >= 11 is 6.05. The number of hydrogen-bond acceptors (Lipinski definition) is 6. The van der Waals surface area contributed by atoms with Crippen molar-refractivity contribution in [3.8, 4) is 11.5 Å². The van der Waals surface area contributed by atoms with E-state index in [4.69, 9.17) is 21.1 Å². The van der Waals surface area contributed by atoms with Crippen LogP contribution in [0, 0.1) is 5.92 Å². The number of fused-ring (bicyclic) bond motifs is 1. The van der Waals surface area contributed by atoms with Crippen LogP contribution in [0.5, 0.6) is 11.5 Å². The topological polar surface area (TPSA) is 105 Å². The fourth-order valence-corrected chi connectivity index (χ4v) is 5.81. The van der Waals surface area contributed by atoms with Gasteiger partial charge in [0.25, 0.3) is 10.0 Å². The summed E-state index contributed by atoms with van der Waals surface area (Å²) in [4.78, 5) is 28.5. The van der Waals surface area contributed by atoms with Crippen LogP contribution in [-0.2, 0) is 26.2 Å². The Morgan fingerprint density at radius 3 is 2.24 bits per heavy atom. The van der Waals surface area contributed by atoms with Crippen LogP contribution in [0.25, 0.3) is 0 Å². The second kappa shape index (κ2) is 13.3. The molecule has 0 aliphatic carbocycles. The Labute approximate surface area is 246 Å². The molecule has 3 aromatic carbocycles. The van der Waals surface area contributed by atoms with Gasteiger partial charge >= 0.3 is 0 Å². The summed E-state index contributed by atoms with van der Waals surface area (Å²) in [6, 6.07) is 18.7. The molecular weight excluding hydrogens is 566 g/mol. The number of hydrogen-bond donors (Lipinski definition) is 1. The lowest BCUT2D eigenvalue weighted by Gasteiger charge is -2.32. The van der Waals surface area contributed by atoms with Crippen molar-refractivity contribution in [2.75, 3.05) is 30.6 Å². The first kappa shape index (κ1) is 30.2. The molecule has 0 saturated carbocycles. The predicted octanol–water partition coefficient (Wildman–Crippen LogP) is 4.50. The van der Waals surface area contributed by atoms with Crippen LogP contribution >= 0.6 is 11.6 Å². The van der Waals surface area contributed by atoms with Crippen molar-refractivity contribution >= 4 is 39.1 Å². The number of carbonyl (C=O) groups is 2. The molecule has 0 radical (unpaired) electrons. The maximum Gasteiger partial charge on any atom is 0.264 e. The molecule has 11 heteroatoms. The minimum absolute atomic E-state index is 0.0228. The van der Waals surface area contributed by atoms with Crippen molar-refractivity contribution in [1.29, 1.82) is 0 Å². The van der Waals surface area contributed by atoms with Crippen molar-refractivity contribution in [2.24, 2.45) is 5.92 Å². The number of ether oxygens (including phenoxy) is 2. The highest BCUT2D eigenvalue weighted by Gasteiger charge is 2.33. The first-order chi connectivity index (χ1) is 19.6. The first-order valence-electron chi connectivity index (χ1n) is 13.4. The van der Waals surface area contributed by atoms with E-state index in [0.29, 0.717) is 36.3 Å². The van der Waals surface area contributed by atoms with E-state index < -0.39 is 28.5 Å². The van der Waals surface area contributed by atoms with Gasteiger partial charge in [-0.25, -0.2) is 8.42 Å². The lowest BCUT2D eigenvalue weighted by Crippen LogP contribution is -2.51. The third-order valence-electron chi connectivity index (χ3n) is 6.54. The van der Waals surface area contributed by atoms with Gasteiger partial charge in [0.05, 0.1) is 10.6 Å². The number of benzene rings is 3. The Kier molecular flexibility index (Phi) is 9.77. The summed E-state index contributed by atoms with van der Waals surface area (Å²) in [5.74, 6) is 0.199. The maximum absolute atomic E-state index is 14.0. The summed E-state index contributed by atoms with van der Waals surface area (Å²) in [6.07, 6.45) is 0. The summed E-state index contributed by atoms with van der Waals surface area (Å²) in [7, 11) is -4.18. The van der Waals surface area contributed by atoms with Crippen molar-refractivity contribution in [3.05, 3.63) is 83.4 Å². The zero-order valence-corrected chi connectivity index (χ0v) is 24.8. The van der Waals surface area contributed by atoms with Gasteiger partial charge in [-0.2, -0.15) is 0 Å². The third-order valence-corrected chi connectivity index (χ3v) is 8.58. The maximum atomic E-state index is 14.0. The molecule has 0 spiro atoms. The molecule has 41 heavy (non-hydrogen) atoms. The molecule has 1 aliphatic rings. The molecule has 0 fully saturated rings. The van der Waals surface area contributed by atoms with Crippen molar-refractivity contribution in [1.82, 2.24) is 10.2 Å². The number of sulfonamides is 1. The van der Waals surface area contributed by atoms with Crippen molar-refractivity contribution < 1.29 is 27.5 Å². The summed E-state index contributed by atoms with van der Waals surface area (Å²) < 4.78 is 40.2. The number of nitrogens with one attached hydrogen (secondary N) is 1. The highest BCUT2D eigenvalue weighted by molar-refractivity contribution is 7.92. The number of nitrogens with zero attached hydrogens (tertiary/aromatic N) is 2. The average Bonchev–Trinajstić information content (AvgIpc) is 2.98.